The number of carboxylic acid groups (broad SMARTS) is 1. The summed E-state index contributed by atoms with van der Waals surface area (Å²) in [6.45, 7) is 8.50. The third kappa shape index (κ3) is 5.88. The molecule has 16 heavy (non-hydrogen) atoms. The van der Waals surface area contributed by atoms with E-state index in [4.69, 9.17) is 10.2 Å². The second-order valence-corrected chi connectivity index (χ2v) is 5.03. The van der Waals surface area contributed by atoms with E-state index in [0.717, 1.165) is 0 Å². The van der Waals surface area contributed by atoms with Crippen molar-refractivity contribution in [2.24, 2.45) is 5.41 Å². The van der Waals surface area contributed by atoms with Crippen molar-refractivity contribution in [3.8, 4) is 0 Å². The average molecular weight is 229 g/mol. The first-order chi connectivity index (χ1) is 7.29. The van der Waals surface area contributed by atoms with E-state index in [1.807, 2.05) is 0 Å². The van der Waals surface area contributed by atoms with Gasteiger partial charge >= 0.3 is 5.97 Å². The van der Waals surface area contributed by atoms with Crippen LogP contribution in [0.3, 0.4) is 0 Å². The fourth-order valence-electron chi connectivity index (χ4n) is 1.41. The summed E-state index contributed by atoms with van der Waals surface area (Å²) in [5.41, 5.74) is 0.386. The molecule has 0 aromatic rings. The number of carboxylic acids is 1. The molecule has 0 rings (SSSR count). The summed E-state index contributed by atoms with van der Waals surface area (Å²) in [7, 11) is 0. The average Bonchev–Trinajstić information content (AvgIpc) is 2.14. The van der Waals surface area contributed by atoms with Gasteiger partial charge in [-0.2, -0.15) is 0 Å². The van der Waals surface area contributed by atoms with Crippen molar-refractivity contribution < 1.29 is 15.0 Å². The Hall–Kier alpha value is -0.870. The van der Waals surface area contributed by atoms with Gasteiger partial charge in [0.1, 0.15) is 0 Å². The first-order valence-electron chi connectivity index (χ1n) is 5.53. The molecule has 0 bridgehead atoms. The molecule has 0 saturated heterocycles. The largest absolute Gasteiger partial charge is 0.478 e. The Morgan fingerprint density at radius 3 is 2.38 bits per heavy atom. The van der Waals surface area contributed by atoms with E-state index in [1.165, 1.54) is 0 Å². The molecule has 0 spiro atoms. The SMILES string of the molecule is CC(=CCNC(CCO)C(C)(C)C)C(=O)O. The van der Waals surface area contributed by atoms with Crippen molar-refractivity contribution in [1.82, 2.24) is 5.32 Å². The maximum absolute atomic E-state index is 10.6. The highest BCUT2D eigenvalue weighted by molar-refractivity contribution is 5.85. The summed E-state index contributed by atoms with van der Waals surface area (Å²) >= 11 is 0. The van der Waals surface area contributed by atoms with Crippen LogP contribution in [0.4, 0.5) is 0 Å². The third-order valence-electron chi connectivity index (χ3n) is 2.57. The summed E-state index contributed by atoms with van der Waals surface area (Å²) in [6, 6.07) is 0.176. The topological polar surface area (TPSA) is 69.6 Å². The highest BCUT2D eigenvalue weighted by Gasteiger charge is 2.22. The Labute approximate surface area is 97.4 Å². The van der Waals surface area contributed by atoms with Gasteiger partial charge < -0.3 is 15.5 Å². The normalized spacial score (nSPS) is 14.9. The molecule has 0 aromatic carbocycles. The first kappa shape index (κ1) is 15.1. The summed E-state index contributed by atoms with van der Waals surface area (Å²) in [5, 5.41) is 20.9. The minimum absolute atomic E-state index is 0.0493. The minimum atomic E-state index is -0.892. The van der Waals surface area contributed by atoms with Gasteiger partial charge in [0.2, 0.25) is 0 Å². The van der Waals surface area contributed by atoms with Crippen LogP contribution in [-0.2, 0) is 4.79 Å². The number of nitrogens with one attached hydrogen (secondary N) is 1. The van der Waals surface area contributed by atoms with Crippen LogP contribution in [0, 0.1) is 5.41 Å². The number of hydrogen-bond acceptors (Lipinski definition) is 3. The molecule has 0 aliphatic carbocycles. The van der Waals surface area contributed by atoms with E-state index in [1.54, 1.807) is 13.0 Å². The first-order valence-corrected chi connectivity index (χ1v) is 5.53. The molecule has 0 amide bonds. The molecule has 3 N–H and O–H groups in total. The monoisotopic (exact) mass is 229 g/mol. The molecule has 0 radical (unpaired) electrons. The molecular weight excluding hydrogens is 206 g/mol. The van der Waals surface area contributed by atoms with Gasteiger partial charge in [-0.25, -0.2) is 4.79 Å². The quantitative estimate of drug-likeness (QED) is 0.602. The molecule has 0 aliphatic rings. The summed E-state index contributed by atoms with van der Waals surface area (Å²) in [5.74, 6) is -0.892. The molecule has 1 atom stereocenters. The lowest BCUT2D eigenvalue weighted by Gasteiger charge is -2.31. The molecule has 0 aromatic heterocycles. The fourth-order valence-corrected chi connectivity index (χ4v) is 1.41. The Bertz CT molecular complexity index is 253. The second-order valence-electron chi connectivity index (χ2n) is 5.03. The van der Waals surface area contributed by atoms with Crippen molar-refractivity contribution in [1.29, 1.82) is 0 Å². The zero-order valence-corrected chi connectivity index (χ0v) is 10.6. The van der Waals surface area contributed by atoms with Crippen LogP contribution < -0.4 is 5.32 Å². The van der Waals surface area contributed by atoms with Gasteiger partial charge in [0.15, 0.2) is 0 Å². The number of aliphatic hydroxyl groups excluding tert-OH is 1. The highest BCUT2D eigenvalue weighted by Crippen LogP contribution is 2.21. The Kier molecular flexibility index (Phi) is 6.29. The predicted molar refractivity (Wildman–Crippen MR) is 64.3 cm³/mol. The van der Waals surface area contributed by atoms with Crippen LogP contribution in [0.5, 0.6) is 0 Å². The lowest BCUT2D eigenvalue weighted by molar-refractivity contribution is -0.132. The number of aliphatic carboxylic acids is 1. The zero-order valence-electron chi connectivity index (χ0n) is 10.6. The van der Waals surface area contributed by atoms with Crippen molar-refractivity contribution in [2.45, 2.75) is 40.2 Å². The lowest BCUT2D eigenvalue weighted by Crippen LogP contribution is -2.41. The van der Waals surface area contributed by atoms with Gasteiger partial charge in [0, 0.05) is 24.8 Å². The number of hydrogen-bond donors (Lipinski definition) is 3. The molecule has 0 aliphatic heterocycles. The highest BCUT2D eigenvalue weighted by atomic mass is 16.4. The smallest absolute Gasteiger partial charge is 0.330 e. The Balaban J connectivity index is 4.24. The van der Waals surface area contributed by atoms with Gasteiger partial charge in [-0.05, 0) is 18.8 Å². The van der Waals surface area contributed by atoms with Gasteiger partial charge in [-0.1, -0.05) is 26.8 Å². The summed E-state index contributed by atoms with van der Waals surface area (Å²) in [4.78, 5) is 10.6. The molecule has 0 saturated carbocycles. The molecule has 1 unspecified atom stereocenters. The van der Waals surface area contributed by atoms with Crippen LogP contribution in [0.1, 0.15) is 34.1 Å². The van der Waals surface area contributed by atoms with E-state index >= 15 is 0 Å². The molecule has 4 nitrogen and oxygen atoms in total. The lowest BCUT2D eigenvalue weighted by atomic mass is 9.85. The minimum Gasteiger partial charge on any atom is -0.478 e. The number of rotatable bonds is 6. The van der Waals surface area contributed by atoms with Crippen LogP contribution in [0.2, 0.25) is 0 Å². The maximum Gasteiger partial charge on any atom is 0.330 e. The van der Waals surface area contributed by atoms with Crippen LogP contribution in [0.15, 0.2) is 11.6 Å². The van der Waals surface area contributed by atoms with Gasteiger partial charge in [-0.3, -0.25) is 0 Å². The fraction of sp³-hybridized carbons (Fsp3) is 0.750. The van der Waals surface area contributed by atoms with E-state index in [0.29, 0.717) is 18.5 Å². The molecular formula is C12H23NO3. The van der Waals surface area contributed by atoms with Gasteiger partial charge in [-0.15, -0.1) is 0 Å². The summed E-state index contributed by atoms with van der Waals surface area (Å²) < 4.78 is 0. The maximum atomic E-state index is 10.6. The zero-order chi connectivity index (χ0) is 12.8. The Morgan fingerprint density at radius 2 is 2.00 bits per heavy atom. The van der Waals surface area contributed by atoms with Crippen molar-refractivity contribution in [3.63, 3.8) is 0 Å². The van der Waals surface area contributed by atoms with Gasteiger partial charge in [0.05, 0.1) is 0 Å². The number of carbonyl (C=O) groups is 1. The predicted octanol–water partition coefficient (Wildman–Crippen LogP) is 1.40. The van der Waals surface area contributed by atoms with Crippen LogP contribution in [-0.4, -0.2) is 35.4 Å². The van der Waals surface area contributed by atoms with Crippen molar-refractivity contribution in [2.75, 3.05) is 13.2 Å². The second kappa shape index (κ2) is 6.66. The Morgan fingerprint density at radius 1 is 1.44 bits per heavy atom. The van der Waals surface area contributed by atoms with E-state index < -0.39 is 5.97 Å². The molecule has 0 heterocycles. The molecule has 0 fully saturated rings. The number of aliphatic hydroxyl groups is 1. The van der Waals surface area contributed by atoms with Crippen molar-refractivity contribution in [3.05, 3.63) is 11.6 Å². The van der Waals surface area contributed by atoms with E-state index in [2.05, 4.69) is 26.1 Å². The van der Waals surface area contributed by atoms with Crippen LogP contribution in [0.25, 0.3) is 0 Å². The van der Waals surface area contributed by atoms with E-state index in [-0.39, 0.29) is 18.1 Å². The van der Waals surface area contributed by atoms with Gasteiger partial charge in [0.25, 0.3) is 0 Å². The molecule has 4 heteroatoms. The van der Waals surface area contributed by atoms with Crippen molar-refractivity contribution >= 4 is 5.97 Å². The summed E-state index contributed by atoms with van der Waals surface area (Å²) in [6.07, 6.45) is 2.32. The third-order valence-corrected chi connectivity index (χ3v) is 2.57. The van der Waals surface area contributed by atoms with Crippen LogP contribution >= 0.6 is 0 Å². The standard InChI is InChI=1S/C12H23NO3/c1-9(11(15)16)5-7-13-10(6-8-14)12(2,3)4/h5,10,13-14H,6-8H2,1-4H3,(H,15,16). The molecule has 94 valence electrons. The van der Waals surface area contributed by atoms with E-state index in [9.17, 15) is 4.79 Å².